The summed E-state index contributed by atoms with van der Waals surface area (Å²) in [6.45, 7) is 6.95. The van der Waals surface area contributed by atoms with Crippen molar-refractivity contribution in [3.05, 3.63) is 30.3 Å². The van der Waals surface area contributed by atoms with Crippen LogP contribution < -0.4 is 10.2 Å². The number of rotatable bonds is 1. The van der Waals surface area contributed by atoms with E-state index >= 15 is 0 Å². The van der Waals surface area contributed by atoms with Crippen molar-refractivity contribution < 1.29 is 0 Å². The van der Waals surface area contributed by atoms with Gasteiger partial charge in [-0.1, -0.05) is 37.5 Å². The normalized spacial score (nSPS) is 25.5. The van der Waals surface area contributed by atoms with Crippen LogP contribution in [-0.4, -0.2) is 24.2 Å². The number of piperazine rings is 1. The van der Waals surface area contributed by atoms with E-state index in [1.54, 1.807) is 0 Å². The highest BCUT2D eigenvalue weighted by Crippen LogP contribution is 2.35. The highest BCUT2D eigenvalue weighted by atomic mass is 15.3. The highest BCUT2D eigenvalue weighted by molar-refractivity contribution is 5.48. The fraction of sp³-hybridized carbons (Fsp3) is 0.647. The molecule has 1 aliphatic heterocycles. The Kier molecular flexibility index (Phi) is 3.30. The molecule has 1 heterocycles. The van der Waals surface area contributed by atoms with Crippen LogP contribution in [0.3, 0.4) is 0 Å². The lowest BCUT2D eigenvalue weighted by Gasteiger charge is -2.53. The number of nitrogens with one attached hydrogen (secondary N) is 1. The molecule has 3 rings (SSSR count). The van der Waals surface area contributed by atoms with E-state index in [0.717, 1.165) is 6.54 Å². The Morgan fingerprint density at radius 2 is 1.63 bits per heavy atom. The zero-order valence-corrected chi connectivity index (χ0v) is 12.3. The molecule has 1 N–H and O–H groups in total. The van der Waals surface area contributed by atoms with Crippen molar-refractivity contribution in [2.45, 2.75) is 57.0 Å². The second-order valence-electron chi connectivity index (χ2n) is 7.04. The standard InChI is InChI=1S/C17H26N2/c1-16(2)13-19(15-9-5-3-6-10-15)14-17(18-16)11-7-4-8-12-17/h3,5-6,9-10,18H,4,7-8,11-14H2,1-2H3. The quantitative estimate of drug-likeness (QED) is 0.828. The number of anilines is 1. The molecule has 1 aliphatic carbocycles. The van der Waals surface area contributed by atoms with Crippen LogP contribution in [-0.2, 0) is 0 Å². The van der Waals surface area contributed by atoms with Crippen LogP contribution >= 0.6 is 0 Å². The average Bonchev–Trinajstić information content (AvgIpc) is 2.38. The Morgan fingerprint density at radius 1 is 0.947 bits per heavy atom. The molecule has 1 saturated carbocycles. The Morgan fingerprint density at radius 3 is 2.32 bits per heavy atom. The zero-order chi connectivity index (χ0) is 13.3. The Bertz CT molecular complexity index is 418. The molecule has 0 amide bonds. The second kappa shape index (κ2) is 4.82. The zero-order valence-electron chi connectivity index (χ0n) is 12.3. The van der Waals surface area contributed by atoms with Gasteiger partial charge in [-0.25, -0.2) is 0 Å². The van der Waals surface area contributed by atoms with Gasteiger partial charge in [0.1, 0.15) is 0 Å². The van der Waals surface area contributed by atoms with Crippen molar-refractivity contribution in [2.24, 2.45) is 0 Å². The van der Waals surface area contributed by atoms with Crippen molar-refractivity contribution in [1.29, 1.82) is 0 Å². The Hall–Kier alpha value is -1.02. The van der Waals surface area contributed by atoms with Crippen LogP contribution in [0.5, 0.6) is 0 Å². The van der Waals surface area contributed by atoms with Crippen LogP contribution in [0.25, 0.3) is 0 Å². The van der Waals surface area contributed by atoms with Gasteiger partial charge < -0.3 is 10.2 Å². The minimum Gasteiger partial charge on any atom is -0.368 e. The first kappa shape index (κ1) is 13.0. The molecule has 2 nitrogen and oxygen atoms in total. The third-order valence-electron chi connectivity index (χ3n) is 4.62. The molecule has 0 unspecified atom stereocenters. The third-order valence-corrected chi connectivity index (χ3v) is 4.62. The van der Waals surface area contributed by atoms with E-state index in [-0.39, 0.29) is 5.54 Å². The molecule has 104 valence electrons. The summed E-state index contributed by atoms with van der Waals surface area (Å²) in [6, 6.07) is 10.9. The predicted molar refractivity (Wildman–Crippen MR) is 81.7 cm³/mol. The van der Waals surface area contributed by atoms with E-state index in [0.29, 0.717) is 5.54 Å². The maximum absolute atomic E-state index is 3.97. The van der Waals surface area contributed by atoms with Gasteiger partial charge in [-0.15, -0.1) is 0 Å². The van der Waals surface area contributed by atoms with Gasteiger partial charge in [-0.2, -0.15) is 0 Å². The fourth-order valence-corrected chi connectivity index (χ4v) is 4.03. The molecular weight excluding hydrogens is 232 g/mol. The second-order valence-corrected chi connectivity index (χ2v) is 7.04. The monoisotopic (exact) mass is 258 g/mol. The fourth-order valence-electron chi connectivity index (χ4n) is 4.03. The number of benzene rings is 1. The summed E-state index contributed by atoms with van der Waals surface area (Å²) in [6.07, 6.45) is 6.84. The van der Waals surface area contributed by atoms with Gasteiger partial charge in [0, 0.05) is 29.9 Å². The molecule has 2 heteroatoms. The van der Waals surface area contributed by atoms with Crippen molar-refractivity contribution in [1.82, 2.24) is 5.32 Å². The molecule has 19 heavy (non-hydrogen) atoms. The number of nitrogens with zero attached hydrogens (tertiary/aromatic N) is 1. The van der Waals surface area contributed by atoms with E-state index in [2.05, 4.69) is 54.4 Å². The SMILES string of the molecule is CC1(C)CN(c2ccccc2)CC2(CCCCC2)N1. The maximum Gasteiger partial charge on any atom is 0.0367 e. The summed E-state index contributed by atoms with van der Waals surface area (Å²) in [5.74, 6) is 0. The largest absolute Gasteiger partial charge is 0.368 e. The van der Waals surface area contributed by atoms with Crippen LogP contribution in [0.4, 0.5) is 5.69 Å². The number of para-hydroxylation sites is 1. The predicted octanol–water partition coefficient (Wildman–Crippen LogP) is 3.58. The summed E-state index contributed by atoms with van der Waals surface area (Å²) in [5.41, 5.74) is 1.92. The molecule has 1 saturated heterocycles. The van der Waals surface area contributed by atoms with Crippen molar-refractivity contribution in [2.75, 3.05) is 18.0 Å². The summed E-state index contributed by atoms with van der Waals surface area (Å²) in [4.78, 5) is 2.59. The lowest BCUT2D eigenvalue weighted by Crippen LogP contribution is -2.69. The molecule has 1 spiro atoms. The molecule has 0 bridgehead atoms. The molecule has 0 radical (unpaired) electrons. The first-order valence-electron chi connectivity index (χ1n) is 7.68. The first-order valence-corrected chi connectivity index (χ1v) is 7.68. The van der Waals surface area contributed by atoms with Crippen LogP contribution in [0.15, 0.2) is 30.3 Å². The van der Waals surface area contributed by atoms with Crippen LogP contribution in [0.2, 0.25) is 0 Å². The lowest BCUT2D eigenvalue weighted by atomic mass is 9.77. The van der Waals surface area contributed by atoms with Gasteiger partial charge >= 0.3 is 0 Å². The summed E-state index contributed by atoms with van der Waals surface area (Å²) in [5, 5.41) is 3.97. The summed E-state index contributed by atoms with van der Waals surface area (Å²) < 4.78 is 0. The lowest BCUT2D eigenvalue weighted by molar-refractivity contribution is 0.146. The molecule has 0 aromatic heterocycles. The third kappa shape index (κ3) is 2.79. The Balaban J connectivity index is 1.86. The molecular formula is C17H26N2. The van der Waals surface area contributed by atoms with Gasteiger partial charge in [0.2, 0.25) is 0 Å². The highest BCUT2D eigenvalue weighted by Gasteiger charge is 2.42. The van der Waals surface area contributed by atoms with Gasteiger partial charge in [0.25, 0.3) is 0 Å². The van der Waals surface area contributed by atoms with Gasteiger partial charge in [0.15, 0.2) is 0 Å². The molecule has 2 fully saturated rings. The van der Waals surface area contributed by atoms with Crippen LogP contribution in [0, 0.1) is 0 Å². The van der Waals surface area contributed by atoms with Crippen LogP contribution in [0.1, 0.15) is 46.0 Å². The molecule has 0 atom stereocenters. The first-order chi connectivity index (χ1) is 9.09. The molecule has 1 aromatic carbocycles. The van der Waals surface area contributed by atoms with Gasteiger partial charge in [-0.3, -0.25) is 0 Å². The van der Waals surface area contributed by atoms with Gasteiger partial charge in [-0.05, 0) is 38.8 Å². The molecule has 2 aliphatic rings. The van der Waals surface area contributed by atoms with E-state index in [9.17, 15) is 0 Å². The minimum atomic E-state index is 0.200. The van der Waals surface area contributed by atoms with Crippen molar-refractivity contribution >= 4 is 5.69 Å². The molecule has 1 aromatic rings. The van der Waals surface area contributed by atoms with E-state index in [1.807, 2.05) is 0 Å². The van der Waals surface area contributed by atoms with Crippen molar-refractivity contribution in [3.63, 3.8) is 0 Å². The Labute approximate surface area is 117 Å². The minimum absolute atomic E-state index is 0.200. The van der Waals surface area contributed by atoms with E-state index in [4.69, 9.17) is 0 Å². The average molecular weight is 258 g/mol. The van der Waals surface area contributed by atoms with E-state index in [1.165, 1.54) is 44.3 Å². The van der Waals surface area contributed by atoms with Crippen molar-refractivity contribution in [3.8, 4) is 0 Å². The topological polar surface area (TPSA) is 15.3 Å². The summed E-state index contributed by atoms with van der Waals surface area (Å²) >= 11 is 0. The van der Waals surface area contributed by atoms with Gasteiger partial charge in [0.05, 0.1) is 0 Å². The maximum atomic E-state index is 3.97. The van der Waals surface area contributed by atoms with E-state index < -0.39 is 0 Å². The smallest absolute Gasteiger partial charge is 0.0367 e. The number of hydrogen-bond donors (Lipinski definition) is 1. The summed E-state index contributed by atoms with van der Waals surface area (Å²) in [7, 11) is 0. The number of hydrogen-bond acceptors (Lipinski definition) is 2.